The van der Waals surface area contributed by atoms with E-state index in [1.807, 2.05) is 232 Å². The molecule has 1 atom stereocenters. The van der Waals surface area contributed by atoms with Crippen molar-refractivity contribution in [3.63, 3.8) is 0 Å². The first-order chi connectivity index (χ1) is 53.9. The molecule has 7 aliphatic rings. The van der Waals surface area contributed by atoms with Gasteiger partial charge in [0.2, 0.25) is 0 Å². The van der Waals surface area contributed by atoms with Crippen molar-refractivity contribution >= 4 is 46.1 Å². The Balaban J connectivity index is 0.000000236. The molecule has 0 saturated carbocycles. The Morgan fingerprint density at radius 1 is 0.505 bits per heavy atom. The highest BCUT2D eigenvalue weighted by Crippen LogP contribution is 2.45. The topological polar surface area (TPSA) is 167 Å². The third-order valence-electron chi connectivity index (χ3n) is 19.9. The molecule has 7 aliphatic heterocycles. The van der Waals surface area contributed by atoms with E-state index in [9.17, 15) is 24.0 Å². The minimum absolute atomic E-state index is 0.0844. The zero-order chi connectivity index (χ0) is 81.0. The third kappa shape index (κ3) is 28.7. The normalized spacial score (nSPS) is 16.8. The number of piperidine rings is 3. The van der Waals surface area contributed by atoms with E-state index in [-0.39, 0.29) is 28.8 Å². The Morgan fingerprint density at radius 3 is 1.44 bits per heavy atom. The van der Waals surface area contributed by atoms with Crippen molar-refractivity contribution in [1.82, 2.24) is 40.0 Å². The van der Waals surface area contributed by atoms with Gasteiger partial charge in [0.05, 0.1) is 24.2 Å². The molecule has 15 nitrogen and oxygen atoms in total. The molecule has 4 N–H and O–H groups in total. The summed E-state index contributed by atoms with van der Waals surface area (Å²) in [5.41, 5.74) is 19.6. The fourth-order valence-electron chi connectivity index (χ4n) is 13.5. The number of nitrogens with zero attached hydrogens (tertiary/aromatic N) is 7. The first-order valence-electron chi connectivity index (χ1n) is 40.2. The minimum atomic E-state index is -0.391. The van der Waals surface area contributed by atoms with Crippen LogP contribution in [-0.2, 0) is 42.1 Å². The van der Waals surface area contributed by atoms with E-state index >= 15 is 0 Å². The van der Waals surface area contributed by atoms with Crippen LogP contribution in [-0.4, -0.2) is 151 Å². The highest BCUT2D eigenvalue weighted by atomic mass is 35.5. The number of ketones is 1. The molecule has 594 valence electrons. The molecule has 8 aromatic rings. The molecule has 8 aromatic carbocycles. The molecular formula is C95H127ClN10O5. The lowest BCUT2D eigenvalue weighted by atomic mass is 9.82. The molecule has 0 aliphatic carbocycles. The van der Waals surface area contributed by atoms with Crippen LogP contribution in [0.5, 0.6) is 0 Å². The summed E-state index contributed by atoms with van der Waals surface area (Å²) in [6.45, 7) is 31.6. The smallest absolute Gasteiger partial charge is 0.258 e. The molecule has 0 bridgehead atoms. The summed E-state index contributed by atoms with van der Waals surface area (Å²) in [6, 6.07) is 72.0. The van der Waals surface area contributed by atoms with Gasteiger partial charge in [-0.1, -0.05) is 256 Å². The summed E-state index contributed by atoms with van der Waals surface area (Å²) < 4.78 is 0. The second-order valence-corrected chi connectivity index (χ2v) is 27.8. The van der Waals surface area contributed by atoms with Crippen LogP contribution in [0.2, 0.25) is 0 Å². The molecule has 16 heteroatoms. The van der Waals surface area contributed by atoms with Crippen molar-refractivity contribution in [3.8, 4) is 0 Å². The van der Waals surface area contributed by atoms with Gasteiger partial charge in [0.15, 0.2) is 0 Å². The van der Waals surface area contributed by atoms with Crippen molar-refractivity contribution in [2.24, 2.45) is 10.7 Å². The van der Waals surface area contributed by atoms with E-state index in [0.717, 1.165) is 161 Å². The number of nitrogens with one attached hydrogen (secondary N) is 2. The van der Waals surface area contributed by atoms with Crippen molar-refractivity contribution in [1.29, 1.82) is 0 Å². The van der Waals surface area contributed by atoms with Gasteiger partial charge in [0.25, 0.3) is 23.0 Å². The largest absolute Gasteiger partial charge is 0.380 e. The monoisotopic (exact) mass is 1520 g/mol. The molecule has 0 aromatic heterocycles. The molecular weight excluding hydrogens is 1400 g/mol. The van der Waals surface area contributed by atoms with Gasteiger partial charge in [-0.25, -0.2) is 0 Å². The third-order valence-corrected chi connectivity index (χ3v) is 20.1. The van der Waals surface area contributed by atoms with E-state index in [1.165, 1.54) is 28.0 Å². The average molecular weight is 1520 g/mol. The first kappa shape index (κ1) is 92.2. The van der Waals surface area contributed by atoms with Crippen LogP contribution in [0.4, 0.5) is 0 Å². The molecule has 111 heavy (non-hydrogen) atoms. The number of hydrogen-bond donors (Lipinski definition) is 3. The standard InChI is InChI=1S/C21H24N2O.C20H20N2O.C13H18N2.C12H14N2O.C8H7ClO.C7H9N.C6H11NO.4C2H6/c1-17-8-6-7-11-20(17)21(24)23(16-18-9-4-3-5-10-18)19-12-14-22(2)15-13-19;1-21-13-11-20(12-14-21)18-10-6-5-9-17(18)19(23)22(20)15-16-7-3-2-4-8-16;1-15-9-7-13(8-10-15)14-11-12-5-3-2-4-6-12;15-11-9-3-1-2-4-10(9)12(14-11)5-7-13-8-6-12;1-6-4-2-3-5-7(6)8(9)10;8-6-7-4-2-1-3-5-7;1-7-4-2-6(8)3-5-7;4*1-2/h3-12H,13-16H2,1-2H3;2-11,13H,12,14-15H2,1H3;2-6H,7-11H2,1H3;1-4,13H,5-8H2,(H,14,15);2-5H,1H3;1-5H,6,8H2;2-5H2,1H3;4*1-2H3. The van der Waals surface area contributed by atoms with E-state index in [4.69, 9.17) is 17.3 Å². The number of nitrogens with two attached hydrogens (primary N) is 1. The van der Waals surface area contributed by atoms with Gasteiger partial charge in [0, 0.05) is 119 Å². The highest BCUT2D eigenvalue weighted by Gasteiger charge is 2.49. The lowest BCUT2D eigenvalue weighted by molar-refractivity contribution is -0.121. The Bertz CT molecular complexity index is 4130. The number of likely N-dealkylation sites (tertiary alicyclic amines) is 2. The van der Waals surface area contributed by atoms with Crippen LogP contribution in [0.15, 0.2) is 247 Å². The summed E-state index contributed by atoms with van der Waals surface area (Å²) in [6.07, 6.45) is 14.1. The number of hydrogen-bond acceptors (Lipinski definition) is 12. The van der Waals surface area contributed by atoms with Gasteiger partial charge in [-0.2, -0.15) is 0 Å². The van der Waals surface area contributed by atoms with E-state index in [2.05, 4.69) is 135 Å². The van der Waals surface area contributed by atoms with Crippen molar-refractivity contribution in [2.45, 2.75) is 158 Å². The van der Waals surface area contributed by atoms with E-state index in [1.54, 1.807) is 12.1 Å². The van der Waals surface area contributed by atoms with Gasteiger partial charge < -0.3 is 45.8 Å². The summed E-state index contributed by atoms with van der Waals surface area (Å²) in [4.78, 5) is 76.9. The number of aryl methyl sites for hydroxylation is 2. The molecule has 7 heterocycles. The molecule has 3 saturated heterocycles. The molecule has 0 radical (unpaired) electrons. The van der Waals surface area contributed by atoms with Gasteiger partial charge in [-0.15, -0.1) is 0 Å². The second-order valence-electron chi connectivity index (χ2n) is 27.4. The Morgan fingerprint density at radius 2 is 0.964 bits per heavy atom. The predicted molar refractivity (Wildman–Crippen MR) is 463 cm³/mol. The summed E-state index contributed by atoms with van der Waals surface area (Å²) in [5.74, 6) is 0.738. The maximum atomic E-state index is 13.2. The number of aliphatic imine (C=N–C) groups is 1. The lowest BCUT2D eigenvalue weighted by Gasteiger charge is -2.41. The molecule has 15 rings (SSSR count). The predicted octanol–water partition coefficient (Wildman–Crippen LogP) is 18.5. The summed E-state index contributed by atoms with van der Waals surface area (Å²) >= 11 is 5.27. The van der Waals surface area contributed by atoms with Gasteiger partial charge in [0.1, 0.15) is 5.78 Å². The van der Waals surface area contributed by atoms with Crippen LogP contribution in [0.3, 0.4) is 0 Å². The Hall–Kier alpha value is -9.45. The maximum Gasteiger partial charge on any atom is 0.258 e. The minimum Gasteiger partial charge on any atom is -0.380 e. The van der Waals surface area contributed by atoms with Crippen LogP contribution < -0.4 is 16.4 Å². The van der Waals surface area contributed by atoms with Crippen LogP contribution >= 0.6 is 11.6 Å². The highest BCUT2D eigenvalue weighted by molar-refractivity contribution is 6.67. The number of carbonyl (C=O) groups excluding carboxylic acids is 5. The molecule has 3 fully saturated rings. The van der Waals surface area contributed by atoms with Crippen LogP contribution in [0, 0.1) is 13.8 Å². The van der Waals surface area contributed by atoms with Gasteiger partial charge in [-0.05, 0) is 173 Å². The van der Waals surface area contributed by atoms with E-state index < -0.39 is 5.24 Å². The second kappa shape index (κ2) is 50.4. The Kier molecular flexibility index (Phi) is 41.9. The quantitative estimate of drug-likeness (QED) is 0.112. The molecule has 2 spiro atoms. The SMILES string of the molecule is CC.CC.CC.CC.CN1C=CC2(CC1)c1ccccc1C(=O)N2Cc1ccccc1.CN1CCC(=NCc2ccccc2)CC1.CN1CCC(=O)CC1.Cc1ccccc1C(=O)Cl.Cc1ccccc1C(=O)N(Cc1ccccc1)C1=CCN(C)CC1.NCc1ccccc1.O=C1NC2(CCNCC2)c2ccccc21. The van der Waals surface area contributed by atoms with Crippen molar-refractivity contribution in [2.75, 3.05) is 87.1 Å². The Labute approximate surface area is 671 Å². The van der Waals surface area contributed by atoms with E-state index in [0.29, 0.717) is 31.0 Å². The number of carbonyl (C=O) groups is 5. The average Bonchev–Trinajstić information content (AvgIpc) is 1.57. The zero-order valence-corrected chi connectivity index (χ0v) is 69.7. The number of likely N-dealkylation sites (N-methyl/N-ethyl adjacent to an activating group) is 1. The number of benzene rings is 8. The van der Waals surface area contributed by atoms with Crippen LogP contribution in [0.1, 0.15) is 193 Å². The molecule has 3 amide bonds. The zero-order valence-electron chi connectivity index (χ0n) is 69.0. The maximum absolute atomic E-state index is 13.2. The van der Waals surface area contributed by atoms with Crippen LogP contribution in [0.25, 0.3) is 0 Å². The number of Topliss-reactive ketones (excluding diaryl/α,β-unsaturated/α-hetero) is 1. The number of halogens is 1. The number of rotatable bonds is 10. The van der Waals surface area contributed by atoms with Gasteiger partial charge in [-0.3, -0.25) is 29.0 Å². The first-order valence-corrected chi connectivity index (χ1v) is 40.5. The molecule has 1 unspecified atom stereocenters. The number of fused-ring (bicyclic) bond motifs is 4. The van der Waals surface area contributed by atoms with Crippen molar-refractivity contribution < 1.29 is 24.0 Å². The van der Waals surface area contributed by atoms with Crippen molar-refractivity contribution in [3.05, 3.63) is 309 Å². The van der Waals surface area contributed by atoms with Gasteiger partial charge >= 0.3 is 0 Å². The summed E-state index contributed by atoms with van der Waals surface area (Å²) in [5, 5.41) is 6.10. The number of amides is 3. The lowest BCUT2D eigenvalue weighted by Crippen LogP contribution is -2.47. The summed E-state index contributed by atoms with van der Waals surface area (Å²) in [7, 11) is 8.41. The fraction of sp³-hybridized carbons (Fsp3) is 0.389. The fourth-order valence-corrected chi connectivity index (χ4v) is 13.7.